The fourth-order valence-corrected chi connectivity index (χ4v) is 3.19. The molecular weight excluding hydrogens is 426 g/mol. The lowest BCUT2D eigenvalue weighted by Crippen LogP contribution is -2.27. The van der Waals surface area contributed by atoms with Crippen LogP contribution >= 0.6 is 45.2 Å². The molecule has 0 radical (unpaired) electrons. The number of hydrogen-bond acceptors (Lipinski definition) is 1. The van der Waals surface area contributed by atoms with Gasteiger partial charge in [-0.15, -0.1) is 0 Å². The van der Waals surface area contributed by atoms with Crippen LogP contribution in [-0.2, 0) is 0 Å². The smallest absolute Gasteiger partial charge is 0.140 e. The van der Waals surface area contributed by atoms with Crippen molar-refractivity contribution < 1.29 is 4.74 Å². The molecule has 1 aromatic carbocycles. The number of ether oxygens (including phenoxy) is 1. The van der Waals surface area contributed by atoms with Crippen LogP contribution in [0.25, 0.3) is 6.08 Å². The van der Waals surface area contributed by atoms with E-state index in [1.807, 2.05) is 6.08 Å². The van der Waals surface area contributed by atoms with Crippen LogP contribution in [0.15, 0.2) is 18.7 Å². The summed E-state index contributed by atoms with van der Waals surface area (Å²) >= 11 is 4.62. The molecule has 88 valence electrons. The second-order valence-electron chi connectivity index (χ2n) is 4.23. The zero-order chi connectivity index (χ0) is 12.3. The van der Waals surface area contributed by atoms with Gasteiger partial charge in [-0.3, -0.25) is 0 Å². The lowest BCUT2D eigenvalue weighted by Gasteiger charge is -2.26. The van der Waals surface area contributed by atoms with Crippen molar-refractivity contribution in [3.63, 3.8) is 0 Å². The predicted octanol–water partition coefficient (Wildman–Crippen LogP) is 5.11. The summed E-state index contributed by atoms with van der Waals surface area (Å²) in [5.41, 5.74) is 0.933. The summed E-state index contributed by atoms with van der Waals surface area (Å²) in [5, 5.41) is 0. The Morgan fingerprint density at radius 3 is 2.50 bits per heavy atom. The second kappa shape index (κ2) is 5.71. The second-order valence-corrected chi connectivity index (χ2v) is 6.63. The first-order valence-corrected chi connectivity index (χ1v) is 7.36. The van der Waals surface area contributed by atoms with Gasteiger partial charge in [-0.2, -0.15) is 0 Å². The number of halogens is 2. The van der Waals surface area contributed by atoms with Crippen LogP contribution in [0.2, 0.25) is 0 Å². The van der Waals surface area contributed by atoms with E-state index in [9.17, 15) is 0 Å². The van der Waals surface area contributed by atoms with Gasteiger partial charge in [0.1, 0.15) is 11.4 Å². The third-order valence-corrected chi connectivity index (χ3v) is 3.91. The van der Waals surface area contributed by atoms with E-state index in [4.69, 9.17) is 4.74 Å². The van der Waals surface area contributed by atoms with Crippen LogP contribution in [0.5, 0.6) is 5.75 Å². The van der Waals surface area contributed by atoms with E-state index >= 15 is 0 Å². The molecular formula is C13H16I2O. The fourth-order valence-electron chi connectivity index (χ4n) is 1.19. The summed E-state index contributed by atoms with van der Waals surface area (Å²) in [6.45, 7) is 10.2. The Kier molecular flexibility index (Phi) is 5.10. The highest BCUT2D eigenvalue weighted by Crippen LogP contribution is 2.32. The van der Waals surface area contributed by atoms with Gasteiger partial charge in [-0.1, -0.05) is 19.6 Å². The van der Waals surface area contributed by atoms with Crippen molar-refractivity contribution in [1.82, 2.24) is 0 Å². The van der Waals surface area contributed by atoms with Gasteiger partial charge in [0.05, 0.1) is 3.57 Å². The summed E-state index contributed by atoms with van der Waals surface area (Å²) in [7, 11) is 0. The Labute approximate surface area is 125 Å². The monoisotopic (exact) mass is 442 g/mol. The molecule has 16 heavy (non-hydrogen) atoms. The summed E-state index contributed by atoms with van der Waals surface area (Å²) in [4.78, 5) is 0. The van der Waals surface area contributed by atoms with Gasteiger partial charge >= 0.3 is 0 Å². The quantitative estimate of drug-likeness (QED) is 0.590. The van der Waals surface area contributed by atoms with E-state index in [0.717, 1.165) is 21.3 Å². The van der Waals surface area contributed by atoms with Crippen molar-refractivity contribution in [2.75, 3.05) is 0 Å². The molecule has 0 heterocycles. The Morgan fingerprint density at radius 1 is 1.38 bits per heavy atom. The van der Waals surface area contributed by atoms with Crippen LogP contribution in [0, 0.1) is 7.14 Å². The van der Waals surface area contributed by atoms with Gasteiger partial charge in [0.15, 0.2) is 0 Å². The SMILES string of the molecule is C=Cc1cc(I)cc(I)c1OC(C)(C)CC. The average Bonchev–Trinajstić information content (AvgIpc) is 2.21. The molecule has 1 aromatic rings. The molecule has 0 saturated heterocycles. The molecule has 0 spiro atoms. The third kappa shape index (κ3) is 3.61. The van der Waals surface area contributed by atoms with Crippen LogP contribution in [0.1, 0.15) is 32.8 Å². The van der Waals surface area contributed by atoms with Crippen LogP contribution in [0.3, 0.4) is 0 Å². The molecule has 3 heteroatoms. The number of rotatable bonds is 4. The maximum atomic E-state index is 6.08. The molecule has 1 rings (SSSR count). The molecule has 0 aliphatic rings. The van der Waals surface area contributed by atoms with E-state index in [1.54, 1.807) is 0 Å². The van der Waals surface area contributed by atoms with Crippen molar-refractivity contribution >= 4 is 51.3 Å². The molecule has 0 atom stereocenters. The molecule has 0 unspecified atom stereocenters. The zero-order valence-electron chi connectivity index (χ0n) is 9.81. The van der Waals surface area contributed by atoms with Crippen molar-refractivity contribution in [3.05, 3.63) is 31.4 Å². The summed E-state index contributed by atoms with van der Waals surface area (Å²) in [5.74, 6) is 0.947. The minimum Gasteiger partial charge on any atom is -0.486 e. The average molecular weight is 442 g/mol. The Bertz CT molecular complexity index is 397. The minimum atomic E-state index is -0.134. The molecule has 0 fully saturated rings. The molecule has 0 aliphatic carbocycles. The fraction of sp³-hybridized carbons (Fsp3) is 0.385. The van der Waals surface area contributed by atoms with Gasteiger partial charge in [-0.25, -0.2) is 0 Å². The van der Waals surface area contributed by atoms with Crippen molar-refractivity contribution in [2.45, 2.75) is 32.8 Å². The summed E-state index contributed by atoms with van der Waals surface area (Å²) < 4.78 is 8.42. The summed E-state index contributed by atoms with van der Waals surface area (Å²) in [6.07, 6.45) is 2.83. The standard InChI is InChI=1S/C13H16I2O/c1-5-9-7-10(14)8-11(15)12(9)16-13(3,4)6-2/h5,7-8H,1,6H2,2-4H3. The van der Waals surface area contributed by atoms with E-state index < -0.39 is 0 Å². The predicted molar refractivity (Wildman–Crippen MR) is 87.0 cm³/mol. The Hall–Kier alpha value is 0.220. The maximum absolute atomic E-state index is 6.08. The van der Waals surface area contributed by atoms with Gasteiger partial charge < -0.3 is 4.74 Å². The van der Waals surface area contributed by atoms with Crippen LogP contribution in [0.4, 0.5) is 0 Å². The molecule has 0 aliphatic heterocycles. The number of hydrogen-bond donors (Lipinski definition) is 0. The van der Waals surface area contributed by atoms with Crippen molar-refractivity contribution in [1.29, 1.82) is 0 Å². The maximum Gasteiger partial charge on any atom is 0.140 e. The highest BCUT2D eigenvalue weighted by atomic mass is 127. The Morgan fingerprint density at radius 2 is 2.00 bits per heavy atom. The topological polar surface area (TPSA) is 9.23 Å². The molecule has 1 nitrogen and oxygen atoms in total. The first-order valence-electron chi connectivity index (χ1n) is 5.20. The Balaban J connectivity index is 3.17. The molecule has 0 amide bonds. The van der Waals surface area contributed by atoms with E-state index in [1.165, 1.54) is 3.57 Å². The van der Waals surface area contributed by atoms with Crippen molar-refractivity contribution in [3.8, 4) is 5.75 Å². The lowest BCUT2D eigenvalue weighted by molar-refractivity contribution is 0.104. The highest BCUT2D eigenvalue weighted by Gasteiger charge is 2.20. The first-order chi connectivity index (χ1) is 7.39. The van der Waals surface area contributed by atoms with Crippen LogP contribution < -0.4 is 4.74 Å². The number of benzene rings is 1. The highest BCUT2D eigenvalue weighted by molar-refractivity contribution is 14.1. The normalized spacial score (nSPS) is 11.3. The van der Waals surface area contributed by atoms with Crippen LogP contribution in [-0.4, -0.2) is 5.60 Å². The molecule has 0 bridgehead atoms. The zero-order valence-corrected chi connectivity index (χ0v) is 14.1. The van der Waals surface area contributed by atoms with E-state index in [2.05, 4.69) is 84.7 Å². The van der Waals surface area contributed by atoms with Gasteiger partial charge in [0, 0.05) is 9.13 Å². The molecule has 0 aromatic heterocycles. The third-order valence-electron chi connectivity index (χ3n) is 2.49. The first kappa shape index (κ1) is 14.3. The lowest BCUT2D eigenvalue weighted by atomic mass is 10.1. The van der Waals surface area contributed by atoms with E-state index in [0.29, 0.717) is 0 Å². The van der Waals surface area contributed by atoms with Crippen molar-refractivity contribution in [2.24, 2.45) is 0 Å². The largest absolute Gasteiger partial charge is 0.486 e. The molecule has 0 saturated carbocycles. The van der Waals surface area contributed by atoms with Gasteiger partial charge in [0.25, 0.3) is 0 Å². The molecule has 0 N–H and O–H groups in total. The van der Waals surface area contributed by atoms with Gasteiger partial charge in [-0.05, 0) is 77.6 Å². The minimum absolute atomic E-state index is 0.134. The summed E-state index contributed by atoms with van der Waals surface area (Å²) in [6, 6.07) is 4.21. The van der Waals surface area contributed by atoms with Gasteiger partial charge in [0.2, 0.25) is 0 Å². The van der Waals surface area contributed by atoms with E-state index in [-0.39, 0.29) is 5.60 Å².